The molecule has 0 spiro atoms. The maximum absolute atomic E-state index is 11.2. The average Bonchev–Trinajstić information content (AvgIpc) is 2.22. The molecule has 0 aliphatic carbocycles. The molecule has 3 heteroatoms. The lowest BCUT2D eigenvalue weighted by Crippen LogP contribution is -2.33. The van der Waals surface area contributed by atoms with Gasteiger partial charge < -0.3 is 5.32 Å². The van der Waals surface area contributed by atoms with Crippen molar-refractivity contribution in [3.8, 4) is 0 Å². The van der Waals surface area contributed by atoms with Crippen LogP contribution in [0.3, 0.4) is 0 Å². The number of nitrogens with zero attached hydrogens (tertiary/aromatic N) is 1. The van der Waals surface area contributed by atoms with Gasteiger partial charge in [0.1, 0.15) is 0 Å². The van der Waals surface area contributed by atoms with Crippen molar-refractivity contribution in [3.05, 3.63) is 29.8 Å². The summed E-state index contributed by atoms with van der Waals surface area (Å²) in [6.45, 7) is 2.74. The highest BCUT2D eigenvalue weighted by molar-refractivity contribution is 6.04. The molecular formula is C12H14N2O. The molecule has 1 aliphatic rings. The molecule has 0 radical (unpaired) electrons. The summed E-state index contributed by atoms with van der Waals surface area (Å²) in [6.07, 6.45) is 1.30. The number of nitrogens with one attached hydrogen (secondary N) is 1. The maximum Gasteiger partial charge on any atom is 0.225 e. The van der Waals surface area contributed by atoms with E-state index in [1.165, 1.54) is 0 Å². The Hall–Kier alpha value is -1.64. The molecule has 78 valence electrons. The molecular weight excluding hydrogens is 188 g/mol. The largest absolute Gasteiger partial charge is 0.355 e. The van der Waals surface area contributed by atoms with Crippen LogP contribution in [-0.4, -0.2) is 18.2 Å². The van der Waals surface area contributed by atoms with Gasteiger partial charge >= 0.3 is 0 Å². The Labute approximate surface area is 89.2 Å². The van der Waals surface area contributed by atoms with E-state index in [4.69, 9.17) is 0 Å². The fourth-order valence-corrected chi connectivity index (χ4v) is 1.64. The number of rotatable bonds is 1. The van der Waals surface area contributed by atoms with Gasteiger partial charge in [-0.05, 0) is 18.6 Å². The molecule has 0 atom stereocenters. The first-order valence-electron chi connectivity index (χ1n) is 5.14. The number of carbonyl (C=O) groups is 1. The molecule has 2 rings (SSSR count). The van der Waals surface area contributed by atoms with Crippen LogP contribution in [0.4, 0.5) is 5.69 Å². The number of hydrogen-bond acceptors (Lipinski definition) is 2. The van der Waals surface area contributed by atoms with Gasteiger partial charge in [0.25, 0.3) is 0 Å². The lowest BCUT2D eigenvalue weighted by Gasteiger charge is -2.14. The summed E-state index contributed by atoms with van der Waals surface area (Å²) >= 11 is 0. The number of benzene rings is 1. The third kappa shape index (κ3) is 2.43. The molecule has 15 heavy (non-hydrogen) atoms. The number of amides is 1. The molecule has 1 aromatic carbocycles. The Morgan fingerprint density at radius 3 is 2.87 bits per heavy atom. The van der Waals surface area contributed by atoms with Gasteiger partial charge in [-0.3, -0.25) is 9.79 Å². The Morgan fingerprint density at radius 2 is 2.13 bits per heavy atom. The van der Waals surface area contributed by atoms with Crippen LogP contribution < -0.4 is 5.32 Å². The number of piperidine rings is 1. The first-order valence-corrected chi connectivity index (χ1v) is 5.14. The maximum atomic E-state index is 11.2. The fraction of sp³-hybridized carbons (Fsp3) is 0.333. The predicted molar refractivity (Wildman–Crippen MR) is 60.5 cm³/mol. The van der Waals surface area contributed by atoms with Crippen LogP contribution in [0, 0.1) is 6.92 Å². The first kappa shape index (κ1) is 9.90. The summed E-state index contributed by atoms with van der Waals surface area (Å²) in [6, 6.07) is 7.97. The van der Waals surface area contributed by atoms with E-state index in [9.17, 15) is 4.79 Å². The molecule has 0 unspecified atom stereocenters. The van der Waals surface area contributed by atoms with Crippen LogP contribution in [0.2, 0.25) is 0 Å². The third-order valence-electron chi connectivity index (χ3n) is 2.49. The average molecular weight is 202 g/mol. The molecule has 1 N–H and O–H groups in total. The van der Waals surface area contributed by atoms with E-state index in [1.807, 2.05) is 31.2 Å². The van der Waals surface area contributed by atoms with E-state index in [2.05, 4.69) is 10.3 Å². The van der Waals surface area contributed by atoms with Gasteiger partial charge in [0.15, 0.2) is 0 Å². The van der Waals surface area contributed by atoms with Gasteiger partial charge in [-0.15, -0.1) is 0 Å². The van der Waals surface area contributed by atoms with Crippen molar-refractivity contribution in [2.75, 3.05) is 6.54 Å². The van der Waals surface area contributed by atoms with Gasteiger partial charge in [-0.1, -0.05) is 18.2 Å². The van der Waals surface area contributed by atoms with E-state index in [-0.39, 0.29) is 5.91 Å². The summed E-state index contributed by atoms with van der Waals surface area (Å²) in [7, 11) is 0. The van der Waals surface area contributed by atoms with Crippen LogP contribution in [0.25, 0.3) is 0 Å². The minimum Gasteiger partial charge on any atom is -0.355 e. The molecule has 0 saturated carbocycles. The third-order valence-corrected chi connectivity index (χ3v) is 2.49. The normalized spacial score (nSPS) is 19.0. The summed E-state index contributed by atoms with van der Waals surface area (Å²) in [5, 5.41) is 2.79. The van der Waals surface area contributed by atoms with Crippen LogP contribution in [0.15, 0.2) is 29.3 Å². The van der Waals surface area contributed by atoms with Gasteiger partial charge in [0.05, 0.1) is 12.1 Å². The molecule has 1 heterocycles. The molecule has 1 saturated heterocycles. The summed E-state index contributed by atoms with van der Waals surface area (Å²) in [4.78, 5) is 15.7. The van der Waals surface area contributed by atoms with E-state index in [0.717, 1.165) is 23.4 Å². The van der Waals surface area contributed by atoms with Crippen molar-refractivity contribution in [2.45, 2.75) is 19.8 Å². The fourth-order valence-electron chi connectivity index (χ4n) is 1.64. The van der Waals surface area contributed by atoms with E-state index in [1.54, 1.807) is 0 Å². The lowest BCUT2D eigenvalue weighted by atomic mass is 10.1. The Kier molecular flexibility index (Phi) is 2.81. The van der Waals surface area contributed by atoms with Crippen LogP contribution in [0.1, 0.15) is 18.4 Å². The zero-order valence-electron chi connectivity index (χ0n) is 8.79. The number of carbonyl (C=O) groups excluding carboxylic acids is 1. The summed E-state index contributed by atoms with van der Waals surface area (Å²) in [5.41, 5.74) is 3.10. The Morgan fingerprint density at radius 1 is 1.33 bits per heavy atom. The SMILES string of the molecule is Cc1ccccc1N=C1CCNC(=O)C1. The van der Waals surface area contributed by atoms with Gasteiger partial charge in [0.2, 0.25) is 5.91 Å². The van der Waals surface area contributed by atoms with Crippen molar-refractivity contribution in [1.29, 1.82) is 0 Å². The monoisotopic (exact) mass is 202 g/mol. The minimum absolute atomic E-state index is 0.0774. The van der Waals surface area contributed by atoms with E-state index >= 15 is 0 Å². The second-order valence-electron chi connectivity index (χ2n) is 3.74. The molecule has 1 amide bonds. The van der Waals surface area contributed by atoms with Crippen molar-refractivity contribution < 1.29 is 4.79 Å². The Balaban J connectivity index is 2.22. The van der Waals surface area contributed by atoms with Gasteiger partial charge in [0, 0.05) is 18.7 Å². The second kappa shape index (κ2) is 4.26. The predicted octanol–water partition coefficient (Wildman–Crippen LogP) is 1.98. The first-order chi connectivity index (χ1) is 7.25. The standard InChI is InChI=1S/C12H14N2O/c1-9-4-2-3-5-11(9)14-10-6-7-13-12(15)8-10/h2-5H,6-8H2,1H3,(H,13,15). The summed E-state index contributed by atoms with van der Waals surface area (Å²) < 4.78 is 0. The van der Waals surface area contributed by atoms with Crippen LogP contribution in [0.5, 0.6) is 0 Å². The molecule has 3 nitrogen and oxygen atoms in total. The number of hydrogen-bond donors (Lipinski definition) is 1. The zero-order valence-corrected chi connectivity index (χ0v) is 8.79. The number of aliphatic imine (C=N–C) groups is 1. The van der Waals surface area contributed by atoms with E-state index < -0.39 is 0 Å². The van der Waals surface area contributed by atoms with Crippen molar-refractivity contribution in [3.63, 3.8) is 0 Å². The van der Waals surface area contributed by atoms with Crippen LogP contribution in [-0.2, 0) is 4.79 Å². The number of para-hydroxylation sites is 1. The lowest BCUT2D eigenvalue weighted by molar-refractivity contribution is -0.120. The second-order valence-corrected chi connectivity index (χ2v) is 3.74. The van der Waals surface area contributed by atoms with Gasteiger partial charge in [-0.2, -0.15) is 0 Å². The highest BCUT2D eigenvalue weighted by Gasteiger charge is 2.13. The molecule has 1 aliphatic heterocycles. The quantitative estimate of drug-likeness (QED) is 0.743. The summed E-state index contributed by atoms with van der Waals surface area (Å²) in [5.74, 6) is 0.0774. The highest BCUT2D eigenvalue weighted by atomic mass is 16.1. The van der Waals surface area contributed by atoms with Crippen molar-refractivity contribution in [1.82, 2.24) is 5.32 Å². The highest BCUT2D eigenvalue weighted by Crippen LogP contribution is 2.18. The topological polar surface area (TPSA) is 41.5 Å². The number of aryl methyl sites for hydroxylation is 1. The minimum atomic E-state index is 0.0774. The Bertz CT molecular complexity index is 410. The molecule has 1 fully saturated rings. The van der Waals surface area contributed by atoms with Crippen molar-refractivity contribution >= 4 is 17.3 Å². The molecule has 0 aromatic heterocycles. The molecule has 1 aromatic rings. The zero-order chi connectivity index (χ0) is 10.7. The smallest absolute Gasteiger partial charge is 0.225 e. The van der Waals surface area contributed by atoms with E-state index in [0.29, 0.717) is 13.0 Å². The van der Waals surface area contributed by atoms with Gasteiger partial charge in [-0.25, -0.2) is 0 Å². The van der Waals surface area contributed by atoms with Crippen molar-refractivity contribution in [2.24, 2.45) is 4.99 Å². The molecule has 0 bridgehead atoms. The van der Waals surface area contributed by atoms with Crippen LogP contribution >= 0.6 is 0 Å².